The first-order valence-corrected chi connectivity index (χ1v) is 5.35. The molecule has 17 heavy (non-hydrogen) atoms. The van der Waals surface area contributed by atoms with Crippen LogP contribution in [0.25, 0.3) is 0 Å². The van der Waals surface area contributed by atoms with Crippen molar-refractivity contribution in [3.05, 3.63) is 47.9 Å². The molecule has 0 amide bonds. The molecule has 2 N–H and O–H groups in total. The predicted octanol–water partition coefficient (Wildman–Crippen LogP) is 2.33. The quantitative estimate of drug-likeness (QED) is 0.861. The minimum absolute atomic E-state index is 0.382. The van der Waals surface area contributed by atoms with Gasteiger partial charge in [0.2, 0.25) is 0 Å². The maximum Gasteiger partial charge on any atom is 0.146 e. The first-order chi connectivity index (χ1) is 8.31. The second-order valence-electron chi connectivity index (χ2n) is 3.59. The van der Waals surface area contributed by atoms with Crippen LogP contribution >= 0.6 is 0 Å². The molecule has 0 fully saturated rings. The van der Waals surface area contributed by atoms with Crippen LogP contribution in [0.4, 0.5) is 0 Å². The highest BCUT2D eigenvalue weighted by atomic mass is 16.5. The number of hydrogen-bond donors (Lipinski definition) is 1. The Morgan fingerprint density at radius 2 is 2.06 bits per heavy atom. The summed E-state index contributed by atoms with van der Waals surface area (Å²) in [6.07, 6.45) is 1.64. The fourth-order valence-electron chi connectivity index (χ4n) is 1.45. The van der Waals surface area contributed by atoms with Crippen LogP contribution < -0.4 is 15.2 Å². The van der Waals surface area contributed by atoms with Gasteiger partial charge in [-0.2, -0.15) is 0 Å². The van der Waals surface area contributed by atoms with Crippen LogP contribution in [-0.2, 0) is 13.2 Å². The Bertz CT molecular complexity index is 479. The van der Waals surface area contributed by atoms with E-state index in [2.05, 4.69) is 0 Å². The van der Waals surface area contributed by atoms with Crippen LogP contribution in [0.2, 0.25) is 0 Å². The average Bonchev–Trinajstić information content (AvgIpc) is 2.84. The zero-order chi connectivity index (χ0) is 12.1. The Hall–Kier alpha value is -1.94. The Morgan fingerprint density at radius 3 is 2.76 bits per heavy atom. The highest BCUT2D eigenvalue weighted by Gasteiger charge is 2.02. The lowest BCUT2D eigenvalue weighted by Crippen LogP contribution is -1.95. The van der Waals surface area contributed by atoms with Gasteiger partial charge in [0.05, 0.1) is 13.4 Å². The minimum Gasteiger partial charge on any atom is -0.497 e. The Kier molecular flexibility index (Phi) is 3.67. The van der Waals surface area contributed by atoms with Crippen molar-refractivity contribution in [2.75, 3.05) is 7.11 Å². The molecule has 0 atom stereocenters. The molecule has 1 aromatic carbocycles. The van der Waals surface area contributed by atoms with Crippen molar-refractivity contribution in [3.8, 4) is 11.5 Å². The summed E-state index contributed by atoms with van der Waals surface area (Å²) in [7, 11) is 1.62. The molecule has 0 spiro atoms. The number of benzene rings is 1. The predicted molar refractivity (Wildman–Crippen MR) is 63.9 cm³/mol. The SMILES string of the molecule is COc1cccc(OCc2cc(CN)co2)c1. The van der Waals surface area contributed by atoms with Gasteiger partial charge in [-0.25, -0.2) is 0 Å². The van der Waals surface area contributed by atoms with Gasteiger partial charge in [0.1, 0.15) is 23.9 Å². The Morgan fingerprint density at radius 1 is 1.24 bits per heavy atom. The van der Waals surface area contributed by atoms with Crippen LogP contribution in [0.1, 0.15) is 11.3 Å². The van der Waals surface area contributed by atoms with E-state index < -0.39 is 0 Å². The van der Waals surface area contributed by atoms with Crippen molar-refractivity contribution in [1.82, 2.24) is 0 Å². The molecule has 1 aromatic heterocycles. The molecule has 2 aromatic rings. The highest BCUT2D eigenvalue weighted by molar-refractivity contribution is 5.32. The zero-order valence-electron chi connectivity index (χ0n) is 9.68. The van der Waals surface area contributed by atoms with Gasteiger partial charge in [0.15, 0.2) is 0 Å². The molecule has 0 aliphatic rings. The maximum atomic E-state index is 5.58. The van der Waals surface area contributed by atoms with E-state index in [-0.39, 0.29) is 0 Å². The van der Waals surface area contributed by atoms with E-state index in [0.717, 1.165) is 22.8 Å². The number of rotatable bonds is 5. The molecule has 0 saturated carbocycles. The van der Waals surface area contributed by atoms with Gasteiger partial charge in [-0.1, -0.05) is 6.07 Å². The number of nitrogens with two attached hydrogens (primary N) is 1. The van der Waals surface area contributed by atoms with E-state index in [1.807, 2.05) is 30.3 Å². The fourth-order valence-corrected chi connectivity index (χ4v) is 1.45. The molecule has 90 valence electrons. The first-order valence-electron chi connectivity index (χ1n) is 5.35. The lowest BCUT2D eigenvalue weighted by molar-refractivity contribution is 0.269. The topological polar surface area (TPSA) is 57.6 Å². The van der Waals surface area contributed by atoms with E-state index in [1.54, 1.807) is 13.4 Å². The van der Waals surface area contributed by atoms with E-state index in [9.17, 15) is 0 Å². The van der Waals surface area contributed by atoms with Crippen LogP contribution in [0.15, 0.2) is 41.0 Å². The smallest absolute Gasteiger partial charge is 0.146 e. The van der Waals surface area contributed by atoms with E-state index in [4.69, 9.17) is 19.6 Å². The Balaban J connectivity index is 1.96. The monoisotopic (exact) mass is 233 g/mol. The van der Waals surface area contributed by atoms with Crippen molar-refractivity contribution in [2.24, 2.45) is 5.73 Å². The lowest BCUT2D eigenvalue weighted by Gasteiger charge is -2.05. The van der Waals surface area contributed by atoms with Gasteiger partial charge < -0.3 is 19.6 Å². The van der Waals surface area contributed by atoms with Crippen molar-refractivity contribution < 1.29 is 13.9 Å². The van der Waals surface area contributed by atoms with Crippen molar-refractivity contribution in [3.63, 3.8) is 0 Å². The Labute approximate surface area is 99.9 Å². The molecular weight excluding hydrogens is 218 g/mol. The van der Waals surface area contributed by atoms with Gasteiger partial charge in [-0.15, -0.1) is 0 Å². The number of furan rings is 1. The largest absolute Gasteiger partial charge is 0.497 e. The summed E-state index contributed by atoms with van der Waals surface area (Å²) in [6, 6.07) is 9.33. The summed E-state index contributed by atoms with van der Waals surface area (Å²) < 4.78 is 16.0. The molecule has 4 nitrogen and oxygen atoms in total. The van der Waals surface area contributed by atoms with Crippen molar-refractivity contribution >= 4 is 0 Å². The van der Waals surface area contributed by atoms with Crippen LogP contribution in [0, 0.1) is 0 Å². The summed E-state index contributed by atoms with van der Waals surface area (Å²) in [5.41, 5.74) is 6.46. The van der Waals surface area contributed by atoms with E-state index in [1.165, 1.54) is 0 Å². The van der Waals surface area contributed by atoms with Gasteiger partial charge >= 0.3 is 0 Å². The zero-order valence-corrected chi connectivity index (χ0v) is 9.68. The molecule has 0 unspecified atom stereocenters. The molecule has 0 aliphatic heterocycles. The third-order valence-corrected chi connectivity index (χ3v) is 2.37. The van der Waals surface area contributed by atoms with E-state index in [0.29, 0.717) is 13.2 Å². The van der Waals surface area contributed by atoms with Crippen LogP contribution in [0.3, 0.4) is 0 Å². The molecule has 2 rings (SSSR count). The summed E-state index contributed by atoms with van der Waals surface area (Å²) in [5.74, 6) is 2.27. The second kappa shape index (κ2) is 5.41. The summed E-state index contributed by atoms with van der Waals surface area (Å²) in [4.78, 5) is 0. The van der Waals surface area contributed by atoms with Gasteiger partial charge in [-0.05, 0) is 18.2 Å². The second-order valence-corrected chi connectivity index (χ2v) is 3.59. The summed E-state index contributed by atoms with van der Waals surface area (Å²) >= 11 is 0. The lowest BCUT2D eigenvalue weighted by atomic mass is 10.3. The molecular formula is C13H15NO3. The van der Waals surface area contributed by atoms with E-state index >= 15 is 0 Å². The maximum absolute atomic E-state index is 5.58. The van der Waals surface area contributed by atoms with Crippen molar-refractivity contribution in [2.45, 2.75) is 13.2 Å². The number of methoxy groups -OCH3 is 1. The fraction of sp³-hybridized carbons (Fsp3) is 0.231. The summed E-state index contributed by atoms with van der Waals surface area (Å²) in [5, 5.41) is 0. The van der Waals surface area contributed by atoms with Gasteiger partial charge in [0, 0.05) is 18.2 Å². The molecule has 0 radical (unpaired) electrons. The number of ether oxygens (including phenoxy) is 2. The minimum atomic E-state index is 0.382. The standard InChI is InChI=1S/C13H15NO3/c1-15-11-3-2-4-12(6-11)17-9-13-5-10(7-14)8-16-13/h2-6,8H,7,9,14H2,1H3. The van der Waals surface area contributed by atoms with Crippen LogP contribution in [0.5, 0.6) is 11.5 Å². The number of hydrogen-bond acceptors (Lipinski definition) is 4. The van der Waals surface area contributed by atoms with Gasteiger partial charge in [-0.3, -0.25) is 0 Å². The third-order valence-electron chi connectivity index (χ3n) is 2.37. The molecule has 0 aliphatic carbocycles. The average molecular weight is 233 g/mol. The normalized spacial score (nSPS) is 10.2. The molecule has 1 heterocycles. The first kappa shape index (κ1) is 11.5. The highest BCUT2D eigenvalue weighted by Crippen LogP contribution is 2.20. The van der Waals surface area contributed by atoms with Crippen molar-refractivity contribution in [1.29, 1.82) is 0 Å². The molecule has 0 saturated heterocycles. The third kappa shape index (κ3) is 3.01. The van der Waals surface area contributed by atoms with Gasteiger partial charge in [0.25, 0.3) is 0 Å². The summed E-state index contributed by atoms with van der Waals surface area (Å²) in [6.45, 7) is 0.857. The molecule has 4 heteroatoms. The van der Waals surface area contributed by atoms with Crippen LogP contribution in [-0.4, -0.2) is 7.11 Å². The molecule has 0 bridgehead atoms.